The van der Waals surface area contributed by atoms with Gasteiger partial charge in [-0.1, -0.05) is 133 Å². The standard InChI is InChI=1S/C40H59NO6S/c1-5-6-7-8-9-10-11-12-13-14-15-16-17-26-37(42)45-27-28-48-30-36(38(43)47-40(2,3)4)41-39(44)46-29-35-33-24-20-18-22-31(33)32-23-19-21-25-34(32)35/h18-25,35-36H,5-17,26-30H2,1-4H3,(H,41,44)/t36-/m0/s1. The summed E-state index contributed by atoms with van der Waals surface area (Å²) in [5.74, 6) is -0.000125. The number of hydrogen-bond donors (Lipinski definition) is 1. The molecule has 1 aliphatic carbocycles. The summed E-state index contributed by atoms with van der Waals surface area (Å²) in [5.41, 5.74) is 3.83. The molecule has 266 valence electrons. The number of unbranched alkanes of at least 4 members (excludes halogenated alkanes) is 12. The van der Waals surface area contributed by atoms with Crippen molar-refractivity contribution in [3.63, 3.8) is 0 Å². The van der Waals surface area contributed by atoms with Crippen molar-refractivity contribution in [3.8, 4) is 11.1 Å². The maximum absolute atomic E-state index is 13.0. The first kappa shape index (κ1) is 39.4. The average molecular weight is 682 g/mol. The second-order valence-corrected chi connectivity index (χ2v) is 15.0. The van der Waals surface area contributed by atoms with Crippen LogP contribution < -0.4 is 5.32 Å². The number of benzene rings is 2. The smallest absolute Gasteiger partial charge is 0.407 e. The molecule has 0 unspecified atom stereocenters. The van der Waals surface area contributed by atoms with Crippen LogP contribution in [0.2, 0.25) is 0 Å². The van der Waals surface area contributed by atoms with Crippen molar-refractivity contribution in [2.45, 2.75) is 135 Å². The van der Waals surface area contributed by atoms with Crippen LogP contribution in [0.1, 0.15) is 135 Å². The topological polar surface area (TPSA) is 90.9 Å². The number of thioether (sulfide) groups is 1. The summed E-state index contributed by atoms with van der Waals surface area (Å²) < 4.78 is 16.7. The molecule has 0 saturated heterocycles. The monoisotopic (exact) mass is 681 g/mol. The molecule has 3 rings (SSSR count). The molecule has 0 saturated carbocycles. The number of carbonyl (C=O) groups excluding carboxylic acids is 3. The second-order valence-electron chi connectivity index (χ2n) is 13.8. The van der Waals surface area contributed by atoms with Gasteiger partial charge in [-0.2, -0.15) is 11.8 Å². The van der Waals surface area contributed by atoms with Gasteiger partial charge in [0.2, 0.25) is 0 Å². The number of hydrogen-bond acceptors (Lipinski definition) is 7. The molecule has 7 nitrogen and oxygen atoms in total. The summed E-state index contributed by atoms with van der Waals surface area (Å²) in [6, 6.07) is 15.4. The van der Waals surface area contributed by atoms with E-state index in [2.05, 4.69) is 36.5 Å². The van der Waals surface area contributed by atoms with E-state index in [1.165, 1.54) is 82.4 Å². The van der Waals surface area contributed by atoms with Crippen molar-refractivity contribution in [2.75, 3.05) is 24.7 Å². The van der Waals surface area contributed by atoms with E-state index < -0.39 is 23.7 Å². The van der Waals surface area contributed by atoms with Crippen LogP contribution in [0.15, 0.2) is 48.5 Å². The van der Waals surface area contributed by atoms with Crippen LogP contribution >= 0.6 is 11.8 Å². The summed E-state index contributed by atoms with van der Waals surface area (Å²) >= 11 is 1.42. The van der Waals surface area contributed by atoms with E-state index in [1.807, 2.05) is 24.3 Å². The molecule has 8 heteroatoms. The van der Waals surface area contributed by atoms with Crippen LogP contribution in [0.5, 0.6) is 0 Å². The normalized spacial score (nSPS) is 13.0. The van der Waals surface area contributed by atoms with Gasteiger partial charge in [0.15, 0.2) is 0 Å². The molecule has 2 aromatic rings. The molecule has 0 radical (unpaired) electrons. The molecule has 0 heterocycles. The van der Waals surface area contributed by atoms with E-state index >= 15 is 0 Å². The molecule has 0 bridgehead atoms. The maximum atomic E-state index is 13.0. The Morgan fingerprint density at radius 3 is 1.81 bits per heavy atom. The number of amides is 1. The average Bonchev–Trinajstić information content (AvgIpc) is 3.38. The van der Waals surface area contributed by atoms with Gasteiger partial charge < -0.3 is 19.5 Å². The van der Waals surface area contributed by atoms with Crippen molar-refractivity contribution >= 4 is 29.8 Å². The van der Waals surface area contributed by atoms with Gasteiger partial charge in [-0.15, -0.1) is 0 Å². The minimum atomic E-state index is -0.897. The Labute approximate surface area is 293 Å². The SMILES string of the molecule is CCCCCCCCCCCCCCCC(=O)OCCSC[C@H](NC(=O)OCC1c2ccccc2-c2ccccc21)C(=O)OC(C)(C)C. The molecule has 48 heavy (non-hydrogen) atoms. The number of nitrogens with one attached hydrogen (secondary N) is 1. The molecule has 1 amide bonds. The number of ether oxygens (including phenoxy) is 3. The highest BCUT2D eigenvalue weighted by Gasteiger charge is 2.31. The maximum Gasteiger partial charge on any atom is 0.407 e. The lowest BCUT2D eigenvalue weighted by Crippen LogP contribution is -2.46. The Hall–Kier alpha value is -3.00. The second kappa shape index (κ2) is 21.9. The lowest BCUT2D eigenvalue weighted by molar-refractivity contribution is -0.156. The van der Waals surface area contributed by atoms with Gasteiger partial charge in [0.1, 0.15) is 24.9 Å². The van der Waals surface area contributed by atoms with Crippen molar-refractivity contribution in [3.05, 3.63) is 59.7 Å². The van der Waals surface area contributed by atoms with Crippen LogP contribution in [0.25, 0.3) is 11.1 Å². The molecule has 1 aliphatic rings. The van der Waals surface area contributed by atoms with Gasteiger partial charge >= 0.3 is 18.0 Å². The molecule has 0 aromatic heterocycles. The first-order valence-electron chi connectivity index (χ1n) is 18.3. The molecule has 0 spiro atoms. The molecular formula is C40H59NO6S. The molecule has 0 aliphatic heterocycles. The summed E-state index contributed by atoms with van der Waals surface area (Å²) in [4.78, 5) is 38.1. The van der Waals surface area contributed by atoms with E-state index in [0.717, 1.165) is 35.1 Å². The first-order chi connectivity index (χ1) is 23.2. The van der Waals surface area contributed by atoms with E-state index in [1.54, 1.807) is 20.8 Å². The zero-order chi connectivity index (χ0) is 34.6. The van der Waals surface area contributed by atoms with Crippen LogP contribution in [-0.4, -0.2) is 54.4 Å². The number of carbonyl (C=O) groups is 3. The third-order valence-corrected chi connectivity index (χ3v) is 9.61. The molecule has 2 aromatic carbocycles. The zero-order valence-electron chi connectivity index (χ0n) is 29.9. The summed E-state index contributed by atoms with van der Waals surface area (Å²) in [7, 11) is 0. The summed E-state index contributed by atoms with van der Waals surface area (Å²) in [6.45, 7) is 8.04. The Morgan fingerprint density at radius 1 is 0.750 bits per heavy atom. The van der Waals surface area contributed by atoms with Gasteiger partial charge in [-0.3, -0.25) is 4.79 Å². The minimum absolute atomic E-state index is 0.0769. The van der Waals surface area contributed by atoms with Crippen LogP contribution in [-0.2, 0) is 23.8 Å². The van der Waals surface area contributed by atoms with E-state index in [-0.39, 0.29) is 30.9 Å². The fourth-order valence-electron chi connectivity index (χ4n) is 6.10. The third-order valence-electron chi connectivity index (χ3n) is 8.59. The zero-order valence-corrected chi connectivity index (χ0v) is 30.7. The highest BCUT2D eigenvalue weighted by atomic mass is 32.2. The van der Waals surface area contributed by atoms with Crippen LogP contribution in [0, 0.1) is 0 Å². The third kappa shape index (κ3) is 14.6. The number of fused-ring (bicyclic) bond motifs is 3. The highest BCUT2D eigenvalue weighted by molar-refractivity contribution is 7.99. The highest BCUT2D eigenvalue weighted by Crippen LogP contribution is 2.44. The molecule has 1 atom stereocenters. The van der Waals surface area contributed by atoms with Crippen molar-refractivity contribution in [1.29, 1.82) is 0 Å². The lowest BCUT2D eigenvalue weighted by atomic mass is 9.98. The minimum Gasteiger partial charge on any atom is -0.465 e. The van der Waals surface area contributed by atoms with Gasteiger partial charge in [0, 0.05) is 23.8 Å². The molecule has 1 N–H and O–H groups in total. The predicted octanol–water partition coefficient (Wildman–Crippen LogP) is 9.99. The number of esters is 2. The van der Waals surface area contributed by atoms with Gasteiger partial charge in [-0.05, 0) is 49.4 Å². The molecule has 0 fully saturated rings. The Bertz CT molecular complexity index is 1210. The van der Waals surface area contributed by atoms with E-state index in [9.17, 15) is 14.4 Å². The molecular weight excluding hydrogens is 623 g/mol. The van der Waals surface area contributed by atoms with E-state index in [0.29, 0.717) is 12.2 Å². The number of alkyl carbamates (subject to hydrolysis) is 1. The first-order valence-corrected chi connectivity index (χ1v) is 19.4. The van der Waals surface area contributed by atoms with Crippen molar-refractivity contribution in [2.24, 2.45) is 0 Å². The van der Waals surface area contributed by atoms with Crippen molar-refractivity contribution in [1.82, 2.24) is 5.32 Å². The number of rotatable bonds is 23. The summed E-state index contributed by atoms with van der Waals surface area (Å²) in [6.07, 6.45) is 16.2. The predicted molar refractivity (Wildman–Crippen MR) is 196 cm³/mol. The van der Waals surface area contributed by atoms with E-state index in [4.69, 9.17) is 14.2 Å². The Morgan fingerprint density at radius 2 is 1.27 bits per heavy atom. The lowest BCUT2D eigenvalue weighted by Gasteiger charge is -2.24. The Kier molecular flexibility index (Phi) is 18.0. The fourth-order valence-corrected chi connectivity index (χ4v) is 6.92. The fraction of sp³-hybridized carbons (Fsp3) is 0.625. The van der Waals surface area contributed by atoms with Crippen LogP contribution in [0.4, 0.5) is 4.79 Å². The van der Waals surface area contributed by atoms with Gasteiger partial charge in [0.25, 0.3) is 0 Å². The quantitative estimate of drug-likeness (QED) is 0.0709. The Balaban J connectivity index is 1.31. The summed E-state index contributed by atoms with van der Waals surface area (Å²) in [5, 5.41) is 2.71. The van der Waals surface area contributed by atoms with Gasteiger partial charge in [0.05, 0.1) is 0 Å². The largest absolute Gasteiger partial charge is 0.465 e. The van der Waals surface area contributed by atoms with Crippen molar-refractivity contribution < 1.29 is 28.6 Å². The van der Waals surface area contributed by atoms with Crippen LogP contribution in [0.3, 0.4) is 0 Å². The van der Waals surface area contributed by atoms with Gasteiger partial charge in [-0.25, -0.2) is 9.59 Å².